The normalized spacial score (nSPS) is 22.9. The Bertz CT molecular complexity index is 604. The number of aromatic nitrogens is 2. The third-order valence-corrected chi connectivity index (χ3v) is 5.09. The molecule has 0 saturated heterocycles. The summed E-state index contributed by atoms with van der Waals surface area (Å²) in [5.41, 5.74) is 0.333. The molecule has 20 heavy (non-hydrogen) atoms. The summed E-state index contributed by atoms with van der Waals surface area (Å²) in [5, 5.41) is 9.81. The van der Waals surface area contributed by atoms with E-state index in [1.54, 1.807) is 0 Å². The van der Waals surface area contributed by atoms with Crippen molar-refractivity contribution in [3.05, 3.63) is 34.8 Å². The summed E-state index contributed by atoms with van der Waals surface area (Å²) in [6, 6.07) is 3.57. The third-order valence-electron chi connectivity index (χ3n) is 3.97. The van der Waals surface area contributed by atoms with Crippen LogP contribution in [0.5, 0.6) is 0 Å². The van der Waals surface area contributed by atoms with Crippen LogP contribution in [0.25, 0.3) is 10.6 Å². The Morgan fingerprint density at radius 2 is 1.85 bits per heavy atom. The first-order chi connectivity index (χ1) is 9.63. The van der Waals surface area contributed by atoms with Gasteiger partial charge < -0.3 is 0 Å². The molecule has 106 valence electrons. The van der Waals surface area contributed by atoms with Crippen molar-refractivity contribution >= 4 is 11.3 Å². The fourth-order valence-electron chi connectivity index (χ4n) is 2.68. The minimum atomic E-state index is -0.579. The molecule has 1 fully saturated rings. The molecule has 0 aliphatic heterocycles. The topological polar surface area (TPSA) is 25.8 Å². The van der Waals surface area contributed by atoms with Crippen LogP contribution in [0.2, 0.25) is 0 Å². The molecule has 1 aliphatic rings. The van der Waals surface area contributed by atoms with Crippen molar-refractivity contribution < 1.29 is 8.78 Å². The van der Waals surface area contributed by atoms with Crippen molar-refractivity contribution in [2.75, 3.05) is 0 Å². The van der Waals surface area contributed by atoms with Crippen molar-refractivity contribution in [3.8, 4) is 10.6 Å². The van der Waals surface area contributed by atoms with Gasteiger partial charge in [-0.1, -0.05) is 31.1 Å². The van der Waals surface area contributed by atoms with Crippen molar-refractivity contribution in [1.29, 1.82) is 0 Å². The van der Waals surface area contributed by atoms with E-state index in [1.807, 2.05) is 0 Å². The highest BCUT2D eigenvalue weighted by atomic mass is 32.1. The van der Waals surface area contributed by atoms with Gasteiger partial charge in [-0.05, 0) is 30.9 Å². The smallest absolute Gasteiger partial charge is 0.150 e. The first-order valence-corrected chi connectivity index (χ1v) is 7.74. The maximum atomic E-state index is 13.7. The van der Waals surface area contributed by atoms with Crippen LogP contribution in [0, 0.1) is 17.6 Å². The van der Waals surface area contributed by atoms with E-state index in [2.05, 4.69) is 17.1 Å². The average Bonchev–Trinajstić information content (AvgIpc) is 2.89. The standard InChI is InChI=1S/C15H16F2N2S/c1-9-2-4-10(5-3-9)14-18-19-15(20-14)12-7-6-11(16)8-13(12)17/h6-10H,2-5H2,1H3. The summed E-state index contributed by atoms with van der Waals surface area (Å²) >= 11 is 1.43. The second-order valence-electron chi connectivity index (χ2n) is 5.53. The number of hydrogen-bond donors (Lipinski definition) is 0. The molecule has 0 amide bonds. The predicted molar refractivity (Wildman–Crippen MR) is 75.6 cm³/mol. The van der Waals surface area contributed by atoms with Gasteiger partial charge in [0.05, 0.1) is 0 Å². The predicted octanol–water partition coefficient (Wildman–Crippen LogP) is 4.78. The summed E-state index contributed by atoms with van der Waals surface area (Å²) in [5.74, 6) is 0.0800. The third kappa shape index (κ3) is 2.73. The Hall–Kier alpha value is -1.36. The SMILES string of the molecule is CC1CCC(c2nnc(-c3ccc(F)cc3F)s2)CC1. The van der Waals surface area contributed by atoms with Crippen LogP contribution >= 0.6 is 11.3 Å². The van der Waals surface area contributed by atoms with Crippen molar-refractivity contribution in [1.82, 2.24) is 10.2 Å². The summed E-state index contributed by atoms with van der Waals surface area (Å²) in [7, 11) is 0. The Morgan fingerprint density at radius 1 is 1.10 bits per heavy atom. The van der Waals surface area contributed by atoms with Gasteiger partial charge in [0.1, 0.15) is 16.6 Å². The van der Waals surface area contributed by atoms with E-state index in [0.717, 1.165) is 29.8 Å². The number of nitrogens with zero attached hydrogens (tertiary/aromatic N) is 2. The van der Waals surface area contributed by atoms with Crippen molar-refractivity contribution in [2.24, 2.45) is 5.92 Å². The molecular weight excluding hydrogens is 278 g/mol. The molecule has 2 nitrogen and oxygen atoms in total. The highest BCUT2D eigenvalue weighted by molar-refractivity contribution is 7.14. The van der Waals surface area contributed by atoms with Crippen LogP contribution in [0.3, 0.4) is 0 Å². The zero-order chi connectivity index (χ0) is 14.1. The Balaban J connectivity index is 1.83. The molecule has 0 atom stereocenters. The lowest BCUT2D eigenvalue weighted by Gasteiger charge is -2.23. The Kier molecular flexibility index (Phi) is 3.78. The maximum absolute atomic E-state index is 13.7. The van der Waals surface area contributed by atoms with Crippen molar-refractivity contribution in [3.63, 3.8) is 0 Å². The highest BCUT2D eigenvalue weighted by Crippen LogP contribution is 2.38. The lowest BCUT2D eigenvalue weighted by atomic mass is 9.83. The Labute approximate surface area is 120 Å². The Morgan fingerprint density at radius 3 is 2.55 bits per heavy atom. The zero-order valence-corrected chi connectivity index (χ0v) is 12.1. The molecule has 2 aromatic rings. The lowest BCUT2D eigenvalue weighted by Crippen LogP contribution is -2.10. The fourth-order valence-corrected chi connectivity index (χ4v) is 3.72. The summed E-state index contributed by atoms with van der Waals surface area (Å²) in [4.78, 5) is 0. The fraction of sp³-hybridized carbons (Fsp3) is 0.467. The molecule has 0 bridgehead atoms. The summed E-state index contributed by atoms with van der Waals surface area (Å²) in [6.07, 6.45) is 4.68. The molecule has 1 heterocycles. The molecule has 1 aliphatic carbocycles. The minimum Gasteiger partial charge on any atom is -0.207 e. The first-order valence-electron chi connectivity index (χ1n) is 6.92. The van der Waals surface area contributed by atoms with Gasteiger partial charge in [0.2, 0.25) is 0 Å². The summed E-state index contributed by atoms with van der Waals surface area (Å²) < 4.78 is 26.7. The van der Waals surface area contributed by atoms with Crippen LogP contribution in [-0.4, -0.2) is 10.2 Å². The summed E-state index contributed by atoms with van der Waals surface area (Å²) in [6.45, 7) is 2.27. The van der Waals surface area contributed by atoms with Gasteiger partial charge in [-0.3, -0.25) is 0 Å². The number of hydrogen-bond acceptors (Lipinski definition) is 3. The molecule has 1 aromatic carbocycles. The van der Waals surface area contributed by atoms with Crippen molar-refractivity contribution in [2.45, 2.75) is 38.5 Å². The van der Waals surface area contributed by atoms with Gasteiger partial charge in [0.15, 0.2) is 5.01 Å². The van der Waals surface area contributed by atoms with Crippen LogP contribution < -0.4 is 0 Å². The van der Waals surface area contributed by atoms with Crippen LogP contribution in [0.4, 0.5) is 8.78 Å². The monoisotopic (exact) mass is 294 g/mol. The van der Waals surface area contributed by atoms with Crippen LogP contribution in [0.1, 0.15) is 43.5 Å². The van der Waals surface area contributed by atoms with Gasteiger partial charge in [-0.25, -0.2) is 8.78 Å². The number of benzene rings is 1. The van der Waals surface area contributed by atoms with Gasteiger partial charge >= 0.3 is 0 Å². The van der Waals surface area contributed by atoms with E-state index in [-0.39, 0.29) is 0 Å². The van der Waals surface area contributed by atoms with E-state index in [4.69, 9.17) is 0 Å². The molecule has 1 saturated carbocycles. The molecule has 0 N–H and O–H groups in total. The van der Waals surface area contributed by atoms with Crippen LogP contribution in [0.15, 0.2) is 18.2 Å². The highest BCUT2D eigenvalue weighted by Gasteiger charge is 2.23. The first kappa shape index (κ1) is 13.6. The van der Waals surface area contributed by atoms with Gasteiger partial charge in [-0.2, -0.15) is 0 Å². The number of rotatable bonds is 2. The largest absolute Gasteiger partial charge is 0.207 e. The van der Waals surface area contributed by atoms with Gasteiger partial charge in [0.25, 0.3) is 0 Å². The molecule has 1 aromatic heterocycles. The number of halogens is 2. The second-order valence-corrected chi connectivity index (χ2v) is 6.54. The zero-order valence-electron chi connectivity index (χ0n) is 11.3. The maximum Gasteiger partial charge on any atom is 0.150 e. The average molecular weight is 294 g/mol. The molecular formula is C15H16F2N2S. The van der Waals surface area contributed by atoms with Crippen LogP contribution in [-0.2, 0) is 0 Å². The second kappa shape index (κ2) is 5.56. The molecule has 3 rings (SSSR count). The van der Waals surface area contributed by atoms with E-state index in [9.17, 15) is 8.78 Å². The molecule has 0 unspecified atom stereocenters. The van der Waals surface area contributed by atoms with E-state index in [0.29, 0.717) is 16.5 Å². The molecule has 0 radical (unpaired) electrons. The van der Waals surface area contributed by atoms with Gasteiger partial charge in [0, 0.05) is 17.5 Å². The quantitative estimate of drug-likeness (QED) is 0.796. The van der Waals surface area contributed by atoms with E-state index in [1.165, 1.54) is 36.3 Å². The van der Waals surface area contributed by atoms with Gasteiger partial charge in [-0.15, -0.1) is 10.2 Å². The minimum absolute atomic E-state index is 0.333. The van der Waals surface area contributed by atoms with E-state index >= 15 is 0 Å². The molecule has 0 spiro atoms. The molecule has 5 heteroatoms. The van der Waals surface area contributed by atoms with E-state index < -0.39 is 11.6 Å². The lowest BCUT2D eigenvalue weighted by molar-refractivity contribution is 0.346.